The van der Waals surface area contributed by atoms with Crippen molar-refractivity contribution >= 4 is 11.6 Å². The third kappa shape index (κ3) is 4.04. The third-order valence-corrected chi connectivity index (χ3v) is 3.36. The van der Waals surface area contributed by atoms with E-state index in [0.717, 1.165) is 29.9 Å². The Morgan fingerprint density at radius 1 is 1.47 bits per heavy atom. The van der Waals surface area contributed by atoms with E-state index in [1.54, 1.807) is 0 Å². The number of ether oxygens (including phenoxy) is 1. The maximum absolute atomic E-state index is 12.1. The number of aryl methyl sites for hydroxylation is 2. The Labute approximate surface area is 114 Å². The largest absolute Gasteiger partial charge is 0.376 e. The van der Waals surface area contributed by atoms with Crippen LogP contribution >= 0.6 is 0 Å². The van der Waals surface area contributed by atoms with Crippen LogP contribution in [0.5, 0.6) is 0 Å². The molecule has 0 aliphatic carbocycles. The fourth-order valence-electron chi connectivity index (χ4n) is 2.30. The van der Waals surface area contributed by atoms with Gasteiger partial charge in [-0.1, -0.05) is 12.1 Å². The first kappa shape index (κ1) is 14.0. The molecule has 4 nitrogen and oxygen atoms in total. The van der Waals surface area contributed by atoms with Crippen LogP contribution in [0.1, 0.15) is 18.1 Å². The van der Waals surface area contributed by atoms with Gasteiger partial charge in [0.15, 0.2) is 0 Å². The van der Waals surface area contributed by atoms with Gasteiger partial charge in [-0.3, -0.25) is 9.69 Å². The lowest BCUT2D eigenvalue weighted by molar-refractivity contribution is -0.119. The number of nitrogens with one attached hydrogen (secondary N) is 1. The summed E-state index contributed by atoms with van der Waals surface area (Å²) in [6.45, 7) is 8.85. The van der Waals surface area contributed by atoms with Crippen molar-refractivity contribution in [1.82, 2.24) is 4.90 Å². The van der Waals surface area contributed by atoms with E-state index in [1.165, 1.54) is 0 Å². The zero-order valence-electron chi connectivity index (χ0n) is 11.9. The lowest BCUT2D eigenvalue weighted by atomic mass is 10.1. The number of anilines is 1. The zero-order valence-corrected chi connectivity index (χ0v) is 11.9. The summed E-state index contributed by atoms with van der Waals surface area (Å²) >= 11 is 0. The summed E-state index contributed by atoms with van der Waals surface area (Å²) in [6.07, 6.45) is 0.210. The second kappa shape index (κ2) is 6.17. The van der Waals surface area contributed by atoms with Gasteiger partial charge in [0.1, 0.15) is 0 Å². The van der Waals surface area contributed by atoms with Crippen molar-refractivity contribution in [3.05, 3.63) is 29.3 Å². The molecule has 0 spiro atoms. The Morgan fingerprint density at radius 3 is 3.00 bits per heavy atom. The molecule has 1 fully saturated rings. The normalized spacial score (nSPS) is 20.3. The van der Waals surface area contributed by atoms with Crippen molar-refractivity contribution in [3.8, 4) is 0 Å². The minimum absolute atomic E-state index is 0.0443. The molecular weight excluding hydrogens is 240 g/mol. The number of hydrogen-bond donors (Lipinski definition) is 1. The summed E-state index contributed by atoms with van der Waals surface area (Å²) in [4.78, 5) is 14.2. The van der Waals surface area contributed by atoms with Crippen molar-refractivity contribution in [2.45, 2.75) is 26.9 Å². The van der Waals surface area contributed by atoms with Gasteiger partial charge < -0.3 is 10.1 Å². The predicted molar refractivity (Wildman–Crippen MR) is 76.4 cm³/mol. The Hall–Kier alpha value is -1.39. The summed E-state index contributed by atoms with van der Waals surface area (Å²) < 4.78 is 5.47. The number of morpholine rings is 1. The van der Waals surface area contributed by atoms with Crippen LogP contribution in [-0.2, 0) is 9.53 Å². The van der Waals surface area contributed by atoms with Crippen LogP contribution in [0.25, 0.3) is 0 Å². The molecule has 1 saturated heterocycles. The molecule has 1 aliphatic rings. The molecular formula is C15H22N2O2. The van der Waals surface area contributed by atoms with E-state index in [4.69, 9.17) is 4.74 Å². The van der Waals surface area contributed by atoms with E-state index in [1.807, 2.05) is 32.9 Å². The van der Waals surface area contributed by atoms with Gasteiger partial charge in [-0.2, -0.15) is 0 Å². The third-order valence-electron chi connectivity index (χ3n) is 3.36. The number of nitrogens with zero attached hydrogens (tertiary/aromatic N) is 1. The summed E-state index contributed by atoms with van der Waals surface area (Å²) in [6, 6.07) is 6.09. The number of hydrogen-bond acceptors (Lipinski definition) is 3. The van der Waals surface area contributed by atoms with Crippen molar-refractivity contribution in [2.24, 2.45) is 0 Å². The number of rotatable bonds is 3. The molecule has 0 saturated carbocycles. The molecule has 1 amide bonds. The highest BCUT2D eigenvalue weighted by atomic mass is 16.5. The summed E-state index contributed by atoms with van der Waals surface area (Å²) in [5.74, 6) is 0.0443. The topological polar surface area (TPSA) is 41.6 Å². The van der Waals surface area contributed by atoms with Gasteiger partial charge in [-0.15, -0.1) is 0 Å². The highest BCUT2D eigenvalue weighted by Gasteiger charge is 2.19. The van der Waals surface area contributed by atoms with E-state index < -0.39 is 0 Å². The van der Waals surface area contributed by atoms with Crippen LogP contribution in [0, 0.1) is 13.8 Å². The Bertz CT molecular complexity index is 459. The van der Waals surface area contributed by atoms with Crippen LogP contribution in [0.3, 0.4) is 0 Å². The molecule has 0 radical (unpaired) electrons. The number of carbonyl (C=O) groups excluding carboxylic acids is 1. The van der Waals surface area contributed by atoms with E-state index >= 15 is 0 Å². The second-order valence-electron chi connectivity index (χ2n) is 5.28. The van der Waals surface area contributed by atoms with E-state index in [2.05, 4.69) is 16.3 Å². The Balaban J connectivity index is 1.92. The van der Waals surface area contributed by atoms with Crippen LogP contribution in [0.2, 0.25) is 0 Å². The molecule has 1 unspecified atom stereocenters. The Morgan fingerprint density at radius 2 is 2.26 bits per heavy atom. The van der Waals surface area contributed by atoms with E-state index in [9.17, 15) is 4.79 Å². The minimum atomic E-state index is 0.0443. The lowest BCUT2D eigenvalue weighted by Gasteiger charge is -2.30. The van der Waals surface area contributed by atoms with Crippen molar-refractivity contribution in [2.75, 3.05) is 31.6 Å². The molecule has 1 N–H and O–H groups in total. The molecule has 1 aromatic rings. The second-order valence-corrected chi connectivity index (χ2v) is 5.28. The maximum atomic E-state index is 12.1. The van der Waals surface area contributed by atoms with Gasteiger partial charge in [0.05, 0.1) is 19.3 Å². The molecule has 1 atom stereocenters. The van der Waals surface area contributed by atoms with Gasteiger partial charge in [0.2, 0.25) is 5.91 Å². The van der Waals surface area contributed by atoms with Crippen molar-refractivity contribution in [1.29, 1.82) is 0 Å². The van der Waals surface area contributed by atoms with Crippen molar-refractivity contribution in [3.63, 3.8) is 0 Å². The molecule has 104 valence electrons. The Kier molecular flexibility index (Phi) is 4.56. The van der Waals surface area contributed by atoms with Gasteiger partial charge in [0.25, 0.3) is 0 Å². The summed E-state index contributed by atoms with van der Waals surface area (Å²) in [5, 5.41) is 2.99. The highest BCUT2D eigenvalue weighted by molar-refractivity contribution is 5.93. The molecule has 0 aromatic heterocycles. The number of carbonyl (C=O) groups is 1. The molecule has 1 heterocycles. The van der Waals surface area contributed by atoms with Gasteiger partial charge in [-0.25, -0.2) is 0 Å². The lowest BCUT2D eigenvalue weighted by Crippen LogP contribution is -2.44. The predicted octanol–water partition coefficient (Wildman–Crippen LogP) is 1.96. The molecule has 4 heteroatoms. The smallest absolute Gasteiger partial charge is 0.238 e. The quantitative estimate of drug-likeness (QED) is 0.905. The van der Waals surface area contributed by atoms with Gasteiger partial charge in [-0.05, 0) is 38.0 Å². The van der Waals surface area contributed by atoms with E-state index in [-0.39, 0.29) is 12.0 Å². The highest BCUT2D eigenvalue weighted by Crippen LogP contribution is 2.16. The van der Waals surface area contributed by atoms with Gasteiger partial charge >= 0.3 is 0 Å². The SMILES string of the molecule is Cc1ccc(C)c(NC(=O)CN2CCOC(C)C2)c1. The summed E-state index contributed by atoms with van der Waals surface area (Å²) in [5.41, 5.74) is 3.15. The first-order valence-electron chi connectivity index (χ1n) is 6.75. The minimum Gasteiger partial charge on any atom is -0.376 e. The molecule has 2 rings (SSSR count). The number of benzene rings is 1. The first-order chi connectivity index (χ1) is 9.04. The fraction of sp³-hybridized carbons (Fsp3) is 0.533. The molecule has 0 bridgehead atoms. The molecule has 19 heavy (non-hydrogen) atoms. The first-order valence-corrected chi connectivity index (χ1v) is 6.75. The van der Waals surface area contributed by atoms with E-state index in [0.29, 0.717) is 13.2 Å². The molecule has 1 aromatic carbocycles. The number of amides is 1. The fourth-order valence-corrected chi connectivity index (χ4v) is 2.30. The van der Waals surface area contributed by atoms with Crippen LogP contribution in [0.4, 0.5) is 5.69 Å². The van der Waals surface area contributed by atoms with Gasteiger partial charge in [0, 0.05) is 18.8 Å². The van der Waals surface area contributed by atoms with Crippen LogP contribution < -0.4 is 5.32 Å². The van der Waals surface area contributed by atoms with Crippen molar-refractivity contribution < 1.29 is 9.53 Å². The monoisotopic (exact) mass is 262 g/mol. The standard InChI is InChI=1S/C15H22N2O2/c1-11-4-5-12(2)14(8-11)16-15(18)10-17-6-7-19-13(3)9-17/h4-5,8,13H,6-7,9-10H2,1-3H3,(H,16,18). The average Bonchev–Trinajstić information content (AvgIpc) is 2.34. The van der Waals surface area contributed by atoms with Crippen LogP contribution in [-0.4, -0.2) is 43.2 Å². The molecule has 1 aliphatic heterocycles. The zero-order chi connectivity index (χ0) is 13.8. The maximum Gasteiger partial charge on any atom is 0.238 e. The van der Waals surface area contributed by atoms with Crippen LogP contribution in [0.15, 0.2) is 18.2 Å². The summed E-state index contributed by atoms with van der Waals surface area (Å²) in [7, 11) is 0. The average molecular weight is 262 g/mol.